The van der Waals surface area contributed by atoms with Gasteiger partial charge in [0, 0.05) is 51.4 Å². The zero-order chi connectivity index (χ0) is 57.7. The number of carbonyl (C=O) groups is 5. The number of aliphatic hydroxyl groups excluding tert-OH is 2. The highest BCUT2D eigenvalue weighted by molar-refractivity contribution is 6.39. The Kier molecular flexibility index (Phi) is 28.0. The van der Waals surface area contributed by atoms with Crippen LogP contribution in [0, 0.1) is 35.5 Å². The number of ether oxygens (including phenoxy) is 8. The third-order valence-electron chi connectivity index (χ3n) is 15.8. The quantitative estimate of drug-likeness (QED) is 0.0604. The van der Waals surface area contributed by atoms with E-state index in [9.17, 15) is 52.5 Å². The summed E-state index contributed by atoms with van der Waals surface area (Å²) in [4.78, 5) is 72.8. The van der Waals surface area contributed by atoms with E-state index in [4.69, 9.17) is 33.2 Å². The Morgan fingerprint density at radius 3 is 2.23 bits per heavy atom. The molecule has 3 heterocycles. The molecule has 1 saturated carbocycles. The monoisotopic (exact) mass is 1110 g/mol. The number of fused-ring (bicyclic) bond motifs is 3. The normalized spacial score (nSPS) is 35.9. The fourth-order valence-corrected chi connectivity index (χ4v) is 11.1. The fraction of sp³-hybridized carbons (Fsp3) is 0.776. The van der Waals surface area contributed by atoms with Crippen molar-refractivity contribution in [1.82, 2.24) is 4.90 Å². The molecule has 0 aromatic heterocycles. The van der Waals surface area contributed by atoms with Crippen LogP contribution in [0.25, 0.3) is 0 Å². The van der Waals surface area contributed by atoms with Crippen molar-refractivity contribution >= 4 is 29.2 Å². The average Bonchev–Trinajstić information content (AvgIpc) is 3.43. The molecule has 3 aliphatic heterocycles. The van der Waals surface area contributed by atoms with Gasteiger partial charge in [-0.2, -0.15) is 13.2 Å². The zero-order valence-corrected chi connectivity index (χ0v) is 47.4. The number of ketones is 3. The predicted molar refractivity (Wildman–Crippen MR) is 283 cm³/mol. The summed E-state index contributed by atoms with van der Waals surface area (Å²) in [5.41, 5.74) is 1.07. The molecule has 0 spiro atoms. The summed E-state index contributed by atoms with van der Waals surface area (Å²) >= 11 is 0. The Balaban J connectivity index is 1.68. The minimum atomic E-state index is -4.46. The van der Waals surface area contributed by atoms with Crippen LogP contribution in [0.2, 0.25) is 0 Å². The minimum Gasteiger partial charge on any atom is -0.460 e. The van der Waals surface area contributed by atoms with E-state index in [1.165, 1.54) is 7.11 Å². The van der Waals surface area contributed by atoms with Crippen molar-refractivity contribution < 1.29 is 90.4 Å². The van der Waals surface area contributed by atoms with E-state index >= 15 is 0 Å². The lowest BCUT2D eigenvalue weighted by Crippen LogP contribution is -2.61. The third kappa shape index (κ3) is 20.4. The first-order chi connectivity index (χ1) is 36.9. The molecule has 4 rings (SSSR count). The number of aliphatic hydroxyl groups is 3. The van der Waals surface area contributed by atoms with Crippen LogP contribution in [0.15, 0.2) is 47.6 Å². The number of esters is 1. The number of Topliss-reactive ketones (excluding diaryl/α,β-unsaturated/α-hetero) is 3. The molecule has 1 amide bonds. The standard InChI is InChI=1S/C58H90F3NO16/c1-36-15-11-10-12-16-37(2)48(76-28-27-73-25-26-74-35-57(59,60)61)33-44-20-18-42(7)58(70,78-44)54(67)55(68)62-22-14-13-17-45(62)56(69)77-49(39(4)31-43-19-21-47(75-24-23-63)50(32-43)71-8)34-46(64)38(3)30-41(6)52(66)53(72-9)51(65)40(5)29-36/h10-12,15-16,30,36,38-40,42-45,47-50,52-53,63,66,70H,13-14,17-29,31-35H2,1-9H3/b12-10+,15-11+,37-16+,41-30+/t36-,38-,39-,40-,42-,43+,44+,45+,47-,48?,49+,50-,52-,53+,58-/m1/s1. The minimum absolute atomic E-state index is 0.0165. The predicted octanol–water partition coefficient (Wildman–Crippen LogP) is 7.16. The van der Waals surface area contributed by atoms with Gasteiger partial charge in [-0.3, -0.25) is 19.2 Å². The zero-order valence-electron chi connectivity index (χ0n) is 47.4. The van der Waals surface area contributed by atoms with Gasteiger partial charge in [-0.05, 0) is 107 Å². The highest BCUT2D eigenvalue weighted by atomic mass is 19.4. The number of halogens is 3. The molecule has 0 radical (unpaired) electrons. The van der Waals surface area contributed by atoms with E-state index in [2.05, 4.69) is 4.74 Å². The van der Waals surface area contributed by atoms with Gasteiger partial charge in [0.05, 0.1) is 64.1 Å². The molecule has 4 aliphatic rings. The molecule has 17 nitrogen and oxygen atoms in total. The number of carbonyl (C=O) groups excluding carboxylic acids is 5. The number of nitrogens with zero attached hydrogens (tertiary/aromatic N) is 1. The van der Waals surface area contributed by atoms with E-state index in [1.807, 2.05) is 39.0 Å². The number of cyclic esters (lactones) is 1. The van der Waals surface area contributed by atoms with Crippen molar-refractivity contribution in [2.24, 2.45) is 35.5 Å². The molecule has 0 aromatic rings. The smallest absolute Gasteiger partial charge is 0.411 e. The molecular formula is C58H90F3NO16. The number of piperidine rings is 1. The van der Waals surface area contributed by atoms with Gasteiger partial charge in [0.1, 0.15) is 36.7 Å². The lowest BCUT2D eigenvalue weighted by molar-refractivity contribution is -0.266. The summed E-state index contributed by atoms with van der Waals surface area (Å²) in [5.74, 6) is -8.80. The first-order valence-corrected chi connectivity index (χ1v) is 28.0. The third-order valence-corrected chi connectivity index (χ3v) is 15.8. The molecule has 444 valence electrons. The Bertz CT molecular complexity index is 2050. The van der Waals surface area contributed by atoms with Gasteiger partial charge in [0.15, 0.2) is 5.78 Å². The van der Waals surface area contributed by atoms with E-state index in [0.717, 1.165) is 16.9 Å². The molecule has 3 fully saturated rings. The first-order valence-electron chi connectivity index (χ1n) is 28.0. The summed E-state index contributed by atoms with van der Waals surface area (Å²) in [6.45, 7) is 10.7. The number of allylic oxidation sites excluding steroid dienone is 6. The van der Waals surface area contributed by atoms with Gasteiger partial charge in [-0.25, -0.2) is 4.79 Å². The lowest BCUT2D eigenvalue weighted by Gasteiger charge is -2.43. The largest absolute Gasteiger partial charge is 0.460 e. The Hall–Kier alpha value is -3.70. The Labute approximate surface area is 459 Å². The molecule has 20 heteroatoms. The van der Waals surface area contributed by atoms with Gasteiger partial charge < -0.3 is 58.1 Å². The number of methoxy groups -OCH3 is 2. The van der Waals surface area contributed by atoms with Crippen molar-refractivity contribution in [2.75, 3.05) is 67.0 Å². The second-order valence-electron chi connectivity index (χ2n) is 22.1. The van der Waals surface area contributed by atoms with Crippen LogP contribution in [0.5, 0.6) is 0 Å². The number of amides is 1. The number of rotatable bonds is 16. The molecular weight excluding hydrogens is 1020 g/mol. The van der Waals surface area contributed by atoms with E-state index in [0.29, 0.717) is 56.9 Å². The molecule has 1 unspecified atom stereocenters. The van der Waals surface area contributed by atoms with Crippen molar-refractivity contribution in [3.05, 3.63) is 47.6 Å². The molecule has 2 bridgehead atoms. The topological polar surface area (TPSA) is 223 Å². The first kappa shape index (κ1) is 66.8. The number of alkyl halides is 3. The molecule has 0 aromatic carbocycles. The molecule has 78 heavy (non-hydrogen) atoms. The average molecular weight is 1110 g/mol. The van der Waals surface area contributed by atoms with E-state index in [-0.39, 0.29) is 107 Å². The summed E-state index contributed by atoms with van der Waals surface area (Å²) in [5, 5.41) is 33.1. The summed E-state index contributed by atoms with van der Waals surface area (Å²) in [6.07, 6.45) is 5.60. The van der Waals surface area contributed by atoms with Crippen molar-refractivity contribution in [3.8, 4) is 0 Å². The SMILES string of the molecule is CO[C@@H]1C[C@H](C[C@@H](C)[C@@H]2CC(=O)[C@H](C)/C=C(\C)[C@@H](O)[C@@H](OC)C(=O)[C@H](C)C[C@H](C)/C=C/C=C/C=C(\C)C(OCCOCCOCC(F)(F)F)C[C@@H]3CC[C@@H](C)[C@@](O)(O3)C(=O)C(=O)N3CCCC[C@H]3C(=O)O2)CC[C@H]1OCCO. The van der Waals surface area contributed by atoms with E-state index < -0.39 is 90.5 Å². The summed E-state index contributed by atoms with van der Waals surface area (Å²) < 4.78 is 83.7. The molecule has 3 N–H and O–H groups in total. The van der Waals surface area contributed by atoms with Gasteiger partial charge in [-0.1, -0.05) is 71.1 Å². The Morgan fingerprint density at radius 1 is 0.821 bits per heavy atom. The molecule has 2 saturated heterocycles. The lowest BCUT2D eigenvalue weighted by atomic mass is 9.78. The highest BCUT2D eigenvalue weighted by Crippen LogP contribution is 2.38. The maximum Gasteiger partial charge on any atom is 0.411 e. The molecule has 1 aliphatic carbocycles. The van der Waals surface area contributed by atoms with Gasteiger partial charge in [-0.15, -0.1) is 0 Å². The van der Waals surface area contributed by atoms with Gasteiger partial charge in [0.25, 0.3) is 11.7 Å². The van der Waals surface area contributed by atoms with Crippen LogP contribution < -0.4 is 0 Å². The number of hydrogen-bond donors (Lipinski definition) is 3. The fourth-order valence-electron chi connectivity index (χ4n) is 11.1. The van der Waals surface area contributed by atoms with Crippen LogP contribution in [-0.4, -0.2) is 177 Å². The second kappa shape index (κ2) is 32.7. The van der Waals surface area contributed by atoms with Crippen LogP contribution in [0.4, 0.5) is 13.2 Å². The second-order valence-corrected chi connectivity index (χ2v) is 22.1. The van der Waals surface area contributed by atoms with Crippen LogP contribution in [0.1, 0.15) is 126 Å². The summed E-state index contributed by atoms with van der Waals surface area (Å²) in [6, 6.07) is -1.22. The summed E-state index contributed by atoms with van der Waals surface area (Å²) in [7, 11) is 2.96. The van der Waals surface area contributed by atoms with Crippen LogP contribution >= 0.6 is 0 Å². The maximum atomic E-state index is 14.6. The van der Waals surface area contributed by atoms with Crippen LogP contribution in [-0.2, 0) is 61.9 Å². The molecule has 15 atom stereocenters. The maximum absolute atomic E-state index is 14.6. The Morgan fingerprint density at radius 2 is 1.54 bits per heavy atom. The van der Waals surface area contributed by atoms with Crippen molar-refractivity contribution in [2.45, 2.75) is 186 Å². The van der Waals surface area contributed by atoms with Gasteiger partial charge >= 0.3 is 12.1 Å². The van der Waals surface area contributed by atoms with Crippen molar-refractivity contribution in [3.63, 3.8) is 0 Å². The van der Waals surface area contributed by atoms with Gasteiger partial charge in [0.2, 0.25) is 5.79 Å². The number of hydrogen-bond acceptors (Lipinski definition) is 16. The van der Waals surface area contributed by atoms with Crippen molar-refractivity contribution in [1.29, 1.82) is 0 Å². The van der Waals surface area contributed by atoms with E-state index in [1.54, 1.807) is 53.0 Å². The van der Waals surface area contributed by atoms with Crippen LogP contribution in [0.3, 0.4) is 0 Å². The highest BCUT2D eigenvalue weighted by Gasteiger charge is 2.53.